The molecule has 0 saturated carbocycles. The van der Waals surface area contributed by atoms with Gasteiger partial charge in [-0.05, 0) is 40.1 Å². The van der Waals surface area contributed by atoms with Crippen molar-refractivity contribution in [3.63, 3.8) is 0 Å². The summed E-state index contributed by atoms with van der Waals surface area (Å²) >= 11 is 1.74. The molecule has 6 heteroatoms. The standard InChI is InChI=1S/C23H25N3O2S/c24-22(27)15-25-12-13-26-23(28)11-8-17-6-9-19(10-7-17)21-14-20(16-29-21)18-4-2-1-3-5-18/h1-7,9-10,14,16,25H,8,11-13,15H2,(H2,24,27)(H,26,28). The molecule has 2 aromatic carbocycles. The van der Waals surface area contributed by atoms with Crippen LogP contribution in [0.5, 0.6) is 0 Å². The number of hydrogen-bond acceptors (Lipinski definition) is 4. The van der Waals surface area contributed by atoms with Crippen LogP contribution in [-0.2, 0) is 16.0 Å². The van der Waals surface area contributed by atoms with Gasteiger partial charge in [-0.1, -0.05) is 54.6 Å². The van der Waals surface area contributed by atoms with Gasteiger partial charge in [0.1, 0.15) is 0 Å². The van der Waals surface area contributed by atoms with Crippen molar-refractivity contribution in [2.24, 2.45) is 5.73 Å². The van der Waals surface area contributed by atoms with Gasteiger partial charge in [-0.2, -0.15) is 0 Å². The van der Waals surface area contributed by atoms with Crippen LogP contribution in [0.1, 0.15) is 12.0 Å². The molecule has 0 aliphatic rings. The molecule has 4 N–H and O–H groups in total. The van der Waals surface area contributed by atoms with Crippen molar-refractivity contribution in [1.29, 1.82) is 0 Å². The Labute approximate surface area is 175 Å². The zero-order valence-electron chi connectivity index (χ0n) is 16.2. The van der Waals surface area contributed by atoms with Crippen molar-refractivity contribution in [3.8, 4) is 21.6 Å². The number of nitrogens with two attached hydrogens (primary N) is 1. The zero-order valence-corrected chi connectivity index (χ0v) is 17.0. The summed E-state index contributed by atoms with van der Waals surface area (Å²) < 4.78 is 0. The molecule has 0 bridgehead atoms. The summed E-state index contributed by atoms with van der Waals surface area (Å²) in [4.78, 5) is 23.8. The third kappa shape index (κ3) is 6.55. The SMILES string of the molecule is NC(=O)CNCCNC(=O)CCc1ccc(-c2cc(-c3ccccc3)cs2)cc1. The normalized spacial score (nSPS) is 10.6. The Bertz CT molecular complexity index is 936. The van der Waals surface area contributed by atoms with Crippen LogP contribution in [0.15, 0.2) is 66.0 Å². The van der Waals surface area contributed by atoms with Gasteiger partial charge in [-0.25, -0.2) is 0 Å². The van der Waals surface area contributed by atoms with Gasteiger partial charge in [0.25, 0.3) is 0 Å². The van der Waals surface area contributed by atoms with Gasteiger partial charge in [0, 0.05) is 24.4 Å². The van der Waals surface area contributed by atoms with Crippen molar-refractivity contribution >= 4 is 23.2 Å². The maximum Gasteiger partial charge on any atom is 0.231 e. The van der Waals surface area contributed by atoms with E-state index in [4.69, 9.17) is 5.73 Å². The van der Waals surface area contributed by atoms with Gasteiger partial charge < -0.3 is 16.4 Å². The summed E-state index contributed by atoms with van der Waals surface area (Å²) in [7, 11) is 0. The predicted molar refractivity (Wildman–Crippen MR) is 119 cm³/mol. The number of carbonyl (C=O) groups excluding carboxylic acids is 2. The van der Waals surface area contributed by atoms with Crippen LogP contribution < -0.4 is 16.4 Å². The molecule has 29 heavy (non-hydrogen) atoms. The van der Waals surface area contributed by atoms with Crippen molar-refractivity contribution in [2.75, 3.05) is 19.6 Å². The molecule has 3 aromatic rings. The number of aryl methyl sites for hydroxylation is 1. The van der Waals surface area contributed by atoms with Gasteiger partial charge >= 0.3 is 0 Å². The molecule has 0 saturated heterocycles. The maximum atomic E-state index is 11.9. The third-order valence-corrected chi connectivity index (χ3v) is 5.49. The molecule has 3 rings (SSSR count). The highest BCUT2D eigenvalue weighted by molar-refractivity contribution is 7.14. The van der Waals surface area contributed by atoms with Crippen LogP contribution in [0, 0.1) is 0 Å². The summed E-state index contributed by atoms with van der Waals surface area (Å²) in [5.41, 5.74) is 9.81. The van der Waals surface area contributed by atoms with E-state index >= 15 is 0 Å². The Kier molecular flexibility index (Phi) is 7.55. The monoisotopic (exact) mass is 407 g/mol. The van der Waals surface area contributed by atoms with Crippen molar-refractivity contribution < 1.29 is 9.59 Å². The number of benzene rings is 2. The maximum absolute atomic E-state index is 11.9. The smallest absolute Gasteiger partial charge is 0.231 e. The fraction of sp³-hybridized carbons (Fsp3) is 0.217. The Morgan fingerprint density at radius 3 is 2.38 bits per heavy atom. The van der Waals surface area contributed by atoms with Crippen molar-refractivity contribution in [3.05, 3.63) is 71.6 Å². The fourth-order valence-corrected chi connectivity index (χ4v) is 3.88. The molecule has 0 atom stereocenters. The minimum Gasteiger partial charge on any atom is -0.369 e. The summed E-state index contributed by atoms with van der Waals surface area (Å²) in [6, 6.07) is 21.0. The van der Waals surface area contributed by atoms with E-state index in [0.29, 0.717) is 25.9 Å². The van der Waals surface area contributed by atoms with E-state index in [1.165, 1.54) is 21.6 Å². The van der Waals surface area contributed by atoms with Gasteiger partial charge in [-0.3, -0.25) is 9.59 Å². The second kappa shape index (κ2) is 10.5. The Balaban J connectivity index is 1.46. The number of thiophene rings is 1. The first-order chi connectivity index (χ1) is 14.1. The Morgan fingerprint density at radius 1 is 0.897 bits per heavy atom. The molecule has 1 aromatic heterocycles. The highest BCUT2D eigenvalue weighted by atomic mass is 32.1. The van der Waals surface area contributed by atoms with Crippen LogP contribution in [0.2, 0.25) is 0 Å². The number of amides is 2. The minimum absolute atomic E-state index is 0.000659. The number of primary amides is 1. The van der Waals surface area contributed by atoms with Gasteiger partial charge in [0.2, 0.25) is 11.8 Å². The van der Waals surface area contributed by atoms with E-state index in [2.05, 4.69) is 70.6 Å². The van der Waals surface area contributed by atoms with Crippen LogP contribution >= 0.6 is 11.3 Å². The second-order valence-corrected chi connectivity index (χ2v) is 7.67. The van der Waals surface area contributed by atoms with Crippen LogP contribution in [-0.4, -0.2) is 31.4 Å². The molecular weight excluding hydrogens is 382 g/mol. The van der Waals surface area contributed by atoms with Gasteiger partial charge in [0.05, 0.1) is 6.54 Å². The molecule has 0 aliphatic heterocycles. The van der Waals surface area contributed by atoms with Crippen LogP contribution in [0.25, 0.3) is 21.6 Å². The highest BCUT2D eigenvalue weighted by Crippen LogP contribution is 2.32. The molecule has 5 nitrogen and oxygen atoms in total. The van der Waals surface area contributed by atoms with Gasteiger partial charge in [0.15, 0.2) is 0 Å². The van der Waals surface area contributed by atoms with E-state index in [-0.39, 0.29) is 12.5 Å². The van der Waals surface area contributed by atoms with E-state index < -0.39 is 5.91 Å². The molecule has 2 amide bonds. The van der Waals surface area contributed by atoms with Crippen LogP contribution in [0.4, 0.5) is 0 Å². The lowest BCUT2D eigenvalue weighted by Crippen LogP contribution is -2.35. The largest absolute Gasteiger partial charge is 0.369 e. The minimum atomic E-state index is -0.404. The topological polar surface area (TPSA) is 84.2 Å². The molecular formula is C23H25N3O2S. The second-order valence-electron chi connectivity index (χ2n) is 6.76. The van der Waals surface area contributed by atoms with Gasteiger partial charge in [-0.15, -0.1) is 11.3 Å². The van der Waals surface area contributed by atoms with E-state index in [1.54, 1.807) is 11.3 Å². The average molecular weight is 408 g/mol. The average Bonchev–Trinajstić information content (AvgIpc) is 3.23. The predicted octanol–water partition coefficient (Wildman–Crippen LogP) is 3.21. The summed E-state index contributed by atoms with van der Waals surface area (Å²) in [6.07, 6.45) is 1.13. The number of rotatable bonds is 10. The molecule has 0 unspecified atom stereocenters. The zero-order chi connectivity index (χ0) is 20.5. The molecule has 0 spiro atoms. The number of hydrogen-bond donors (Lipinski definition) is 3. The first-order valence-corrected chi connectivity index (χ1v) is 10.5. The van der Waals surface area contributed by atoms with E-state index in [0.717, 1.165) is 5.56 Å². The first kappa shape index (κ1) is 20.8. The van der Waals surface area contributed by atoms with Crippen molar-refractivity contribution in [1.82, 2.24) is 10.6 Å². The summed E-state index contributed by atoms with van der Waals surface area (Å²) in [6.45, 7) is 1.13. The van der Waals surface area contributed by atoms with Crippen molar-refractivity contribution in [2.45, 2.75) is 12.8 Å². The lowest BCUT2D eigenvalue weighted by molar-refractivity contribution is -0.121. The quantitative estimate of drug-likeness (QED) is 0.451. The third-order valence-electron chi connectivity index (χ3n) is 4.51. The van der Waals surface area contributed by atoms with E-state index in [1.807, 2.05) is 6.07 Å². The van der Waals surface area contributed by atoms with Crippen LogP contribution in [0.3, 0.4) is 0 Å². The lowest BCUT2D eigenvalue weighted by atomic mass is 10.0. The number of carbonyl (C=O) groups is 2. The number of nitrogens with one attached hydrogen (secondary N) is 2. The molecule has 0 fully saturated rings. The summed E-state index contributed by atoms with van der Waals surface area (Å²) in [5.74, 6) is -0.403. The fourth-order valence-electron chi connectivity index (χ4n) is 2.95. The van der Waals surface area contributed by atoms with E-state index in [9.17, 15) is 9.59 Å². The summed E-state index contributed by atoms with van der Waals surface area (Å²) in [5, 5.41) is 7.87. The highest BCUT2D eigenvalue weighted by Gasteiger charge is 2.06. The lowest BCUT2D eigenvalue weighted by Gasteiger charge is -2.06. The first-order valence-electron chi connectivity index (χ1n) is 9.61. The molecule has 1 heterocycles. The molecule has 0 radical (unpaired) electrons. The Hall–Kier alpha value is -2.96. The Morgan fingerprint density at radius 2 is 1.66 bits per heavy atom. The molecule has 150 valence electrons. The molecule has 0 aliphatic carbocycles.